The molecule has 1 unspecified atom stereocenters. The molecule has 2 rings (SSSR count). The molecule has 6 heteroatoms. The lowest BCUT2D eigenvalue weighted by Gasteiger charge is -2.20. The van der Waals surface area contributed by atoms with Gasteiger partial charge in [-0.15, -0.1) is 0 Å². The summed E-state index contributed by atoms with van der Waals surface area (Å²) in [5.41, 5.74) is 0.0342. The summed E-state index contributed by atoms with van der Waals surface area (Å²) in [6.45, 7) is 0.397. The van der Waals surface area contributed by atoms with Crippen LogP contribution in [0.2, 0.25) is 0 Å². The van der Waals surface area contributed by atoms with Gasteiger partial charge in [0.1, 0.15) is 18.3 Å². The Morgan fingerprint density at radius 3 is 3.23 bits per heavy atom. The SMILES string of the molecule is O=C(O)c1cnn2c1OCC(O)C2. The number of aliphatic hydroxyl groups is 1. The van der Waals surface area contributed by atoms with Gasteiger partial charge in [0.2, 0.25) is 5.88 Å². The second-order valence-electron chi connectivity index (χ2n) is 2.82. The highest BCUT2D eigenvalue weighted by molar-refractivity contribution is 5.90. The van der Waals surface area contributed by atoms with E-state index in [9.17, 15) is 9.90 Å². The lowest BCUT2D eigenvalue weighted by molar-refractivity contribution is 0.0520. The van der Waals surface area contributed by atoms with Gasteiger partial charge in [-0.2, -0.15) is 5.10 Å². The van der Waals surface area contributed by atoms with E-state index in [4.69, 9.17) is 9.84 Å². The van der Waals surface area contributed by atoms with Crippen LogP contribution in [0.3, 0.4) is 0 Å². The van der Waals surface area contributed by atoms with Crippen molar-refractivity contribution < 1.29 is 19.7 Å². The summed E-state index contributed by atoms with van der Waals surface area (Å²) in [6.07, 6.45) is 0.601. The highest BCUT2D eigenvalue weighted by atomic mass is 16.5. The van der Waals surface area contributed by atoms with Gasteiger partial charge in [0.25, 0.3) is 0 Å². The molecule has 13 heavy (non-hydrogen) atoms. The minimum Gasteiger partial charge on any atom is -0.477 e. The number of aliphatic hydroxyl groups excluding tert-OH is 1. The Morgan fingerprint density at radius 2 is 2.54 bits per heavy atom. The third-order valence-electron chi connectivity index (χ3n) is 1.82. The molecule has 0 fully saturated rings. The Kier molecular flexibility index (Phi) is 1.70. The Balaban J connectivity index is 2.39. The number of carboxylic acids is 1. The van der Waals surface area contributed by atoms with Crippen LogP contribution in [0.5, 0.6) is 5.88 Å². The molecule has 0 spiro atoms. The number of hydrogen-bond donors (Lipinski definition) is 2. The lowest BCUT2D eigenvalue weighted by Crippen LogP contribution is -2.30. The number of aromatic nitrogens is 2. The van der Waals surface area contributed by atoms with E-state index in [0.29, 0.717) is 0 Å². The van der Waals surface area contributed by atoms with Gasteiger partial charge >= 0.3 is 5.97 Å². The van der Waals surface area contributed by atoms with Crippen molar-refractivity contribution in [3.8, 4) is 5.88 Å². The summed E-state index contributed by atoms with van der Waals surface area (Å²) >= 11 is 0. The van der Waals surface area contributed by atoms with E-state index >= 15 is 0 Å². The average molecular weight is 184 g/mol. The number of fused-ring (bicyclic) bond motifs is 1. The van der Waals surface area contributed by atoms with Crippen LogP contribution in [-0.4, -0.2) is 38.7 Å². The summed E-state index contributed by atoms with van der Waals surface area (Å²) in [4.78, 5) is 10.6. The smallest absolute Gasteiger partial charge is 0.342 e. The van der Waals surface area contributed by atoms with Gasteiger partial charge in [0.15, 0.2) is 0 Å². The maximum absolute atomic E-state index is 10.6. The summed E-state index contributed by atoms with van der Waals surface area (Å²) in [5, 5.41) is 21.6. The molecule has 6 nitrogen and oxygen atoms in total. The number of nitrogens with zero attached hydrogens (tertiary/aromatic N) is 2. The van der Waals surface area contributed by atoms with Gasteiger partial charge in [0, 0.05) is 0 Å². The van der Waals surface area contributed by atoms with Crippen LogP contribution >= 0.6 is 0 Å². The first-order chi connectivity index (χ1) is 6.18. The van der Waals surface area contributed by atoms with E-state index in [1.165, 1.54) is 10.9 Å². The number of carbonyl (C=O) groups is 1. The van der Waals surface area contributed by atoms with Crippen LogP contribution < -0.4 is 4.74 Å². The predicted molar refractivity (Wildman–Crippen MR) is 40.7 cm³/mol. The Hall–Kier alpha value is -1.56. The largest absolute Gasteiger partial charge is 0.477 e. The van der Waals surface area contributed by atoms with Crippen molar-refractivity contribution in [3.63, 3.8) is 0 Å². The van der Waals surface area contributed by atoms with E-state index in [2.05, 4.69) is 5.10 Å². The van der Waals surface area contributed by atoms with Crippen molar-refractivity contribution in [2.75, 3.05) is 6.61 Å². The van der Waals surface area contributed by atoms with Crippen LogP contribution in [-0.2, 0) is 6.54 Å². The molecule has 0 saturated heterocycles. The van der Waals surface area contributed by atoms with Crippen LogP contribution in [0.25, 0.3) is 0 Å². The van der Waals surface area contributed by atoms with E-state index in [-0.39, 0.29) is 24.6 Å². The van der Waals surface area contributed by atoms with Crippen LogP contribution in [0.4, 0.5) is 0 Å². The summed E-state index contributed by atoms with van der Waals surface area (Å²) in [5.74, 6) is -0.851. The van der Waals surface area contributed by atoms with E-state index in [0.717, 1.165) is 0 Å². The third-order valence-corrected chi connectivity index (χ3v) is 1.82. The van der Waals surface area contributed by atoms with E-state index in [1.807, 2.05) is 0 Å². The molecule has 70 valence electrons. The molecular weight excluding hydrogens is 176 g/mol. The molecular formula is C7H8N2O4. The second kappa shape index (κ2) is 2.74. The normalized spacial score (nSPS) is 20.5. The van der Waals surface area contributed by atoms with Crippen molar-refractivity contribution in [2.24, 2.45) is 0 Å². The Bertz CT molecular complexity index is 346. The number of carboxylic acid groups (broad SMARTS) is 1. The molecule has 1 aliphatic heterocycles. The predicted octanol–water partition coefficient (Wildman–Crippen LogP) is -0.665. The standard InChI is InChI=1S/C7H8N2O4/c10-4-2-9-6(13-3-4)5(1-8-9)7(11)12/h1,4,10H,2-3H2,(H,11,12). The molecule has 0 amide bonds. The third kappa shape index (κ3) is 1.25. The van der Waals surface area contributed by atoms with E-state index in [1.54, 1.807) is 0 Å². The Labute approximate surface area is 73.4 Å². The molecule has 0 bridgehead atoms. The number of hydrogen-bond acceptors (Lipinski definition) is 4. The van der Waals surface area contributed by atoms with Crippen LogP contribution in [0.15, 0.2) is 6.20 Å². The van der Waals surface area contributed by atoms with Gasteiger partial charge in [-0.25, -0.2) is 9.48 Å². The zero-order chi connectivity index (χ0) is 9.42. The Morgan fingerprint density at radius 1 is 1.77 bits per heavy atom. The molecule has 0 aromatic carbocycles. The average Bonchev–Trinajstić information content (AvgIpc) is 2.46. The number of ether oxygens (including phenoxy) is 1. The van der Waals surface area contributed by atoms with Crippen molar-refractivity contribution in [1.82, 2.24) is 9.78 Å². The van der Waals surface area contributed by atoms with E-state index < -0.39 is 12.1 Å². The van der Waals surface area contributed by atoms with Gasteiger partial charge in [-0.05, 0) is 0 Å². The monoisotopic (exact) mass is 184 g/mol. The zero-order valence-electron chi connectivity index (χ0n) is 6.67. The first-order valence-corrected chi connectivity index (χ1v) is 3.78. The lowest BCUT2D eigenvalue weighted by atomic mass is 10.3. The fourth-order valence-corrected chi connectivity index (χ4v) is 1.23. The molecule has 0 aliphatic carbocycles. The highest BCUT2D eigenvalue weighted by Crippen LogP contribution is 2.21. The molecule has 2 N–H and O–H groups in total. The summed E-state index contributed by atoms with van der Waals surface area (Å²) in [7, 11) is 0. The minimum atomic E-state index is -1.07. The van der Waals surface area contributed by atoms with Gasteiger partial charge in [-0.3, -0.25) is 0 Å². The fourth-order valence-electron chi connectivity index (χ4n) is 1.23. The first kappa shape index (κ1) is 8.06. The zero-order valence-corrected chi connectivity index (χ0v) is 6.67. The quantitative estimate of drug-likeness (QED) is 0.605. The summed E-state index contributed by atoms with van der Waals surface area (Å²) < 4.78 is 6.38. The fraction of sp³-hybridized carbons (Fsp3) is 0.429. The van der Waals surface area contributed by atoms with Gasteiger partial charge in [-0.1, -0.05) is 0 Å². The molecule has 1 aromatic heterocycles. The highest BCUT2D eigenvalue weighted by Gasteiger charge is 2.24. The molecule has 0 saturated carbocycles. The first-order valence-electron chi connectivity index (χ1n) is 3.78. The molecule has 1 aliphatic rings. The molecule has 2 heterocycles. The van der Waals surface area contributed by atoms with Crippen molar-refractivity contribution in [2.45, 2.75) is 12.6 Å². The van der Waals surface area contributed by atoms with Crippen LogP contribution in [0, 0.1) is 0 Å². The summed E-state index contributed by atoms with van der Waals surface area (Å²) in [6, 6.07) is 0. The number of rotatable bonds is 1. The van der Waals surface area contributed by atoms with Gasteiger partial charge < -0.3 is 14.9 Å². The molecule has 1 aromatic rings. The van der Waals surface area contributed by atoms with Gasteiger partial charge in [0.05, 0.1) is 12.7 Å². The maximum Gasteiger partial charge on any atom is 0.342 e. The van der Waals surface area contributed by atoms with Crippen LogP contribution in [0.1, 0.15) is 10.4 Å². The molecule has 1 atom stereocenters. The van der Waals surface area contributed by atoms with Crippen molar-refractivity contribution in [1.29, 1.82) is 0 Å². The second-order valence-corrected chi connectivity index (χ2v) is 2.82. The topological polar surface area (TPSA) is 84.6 Å². The van der Waals surface area contributed by atoms with Crippen molar-refractivity contribution in [3.05, 3.63) is 11.8 Å². The number of aromatic carboxylic acids is 1. The maximum atomic E-state index is 10.6. The minimum absolute atomic E-state index is 0.0342. The van der Waals surface area contributed by atoms with Crippen molar-refractivity contribution >= 4 is 5.97 Å². The molecule has 0 radical (unpaired) electrons.